The van der Waals surface area contributed by atoms with E-state index in [2.05, 4.69) is 25.8 Å². The molecule has 0 saturated heterocycles. The van der Waals surface area contributed by atoms with Gasteiger partial charge in [-0.1, -0.05) is 32.9 Å². The van der Waals surface area contributed by atoms with Crippen LogP contribution in [-0.2, 0) is 5.41 Å². The minimum Gasteiger partial charge on any atom is -0.491 e. The van der Waals surface area contributed by atoms with E-state index in [4.69, 9.17) is 4.74 Å². The van der Waals surface area contributed by atoms with Gasteiger partial charge in [0.05, 0.1) is 16.8 Å². The number of ether oxygens (including phenoxy) is 1. The minimum atomic E-state index is -0.715. The van der Waals surface area contributed by atoms with Gasteiger partial charge in [0.15, 0.2) is 0 Å². The van der Waals surface area contributed by atoms with Crippen molar-refractivity contribution in [2.45, 2.75) is 52.2 Å². The number of thiazole rings is 1. The highest BCUT2D eigenvalue weighted by atomic mass is 32.1. The van der Waals surface area contributed by atoms with E-state index in [1.807, 2.05) is 43.5 Å². The Bertz CT molecular complexity index is 599. The summed E-state index contributed by atoms with van der Waals surface area (Å²) in [7, 11) is 0. The number of rotatable bonds is 4. The molecule has 1 aromatic heterocycles. The van der Waals surface area contributed by atoms with Gasteiger partial charge in [-0.15, -0.1) is 11.3 Å². The second-order valence-corrected chi connectivity index (χ2v) is 7.33. The van der Waals surface area contributed by atoms with Crippen LogP contribution in [0.1, 0.15) is 57.0 Å². The molecular weight excluding hydrogens is 282 g/mol. The molecule has 0 spiro atoms. The van der Waals surface area contributed by atoms with E-state index in [0.29, 0.717) is 5.69 Å². The van der Waals surface area contributed by atoms with Gasteiger partial charge in [0, 0.05) is 10.8 Å². The van der Waals surface area contributed by atoms with E-state index in [-0.39, 0.29) is 11.5 Å². The summed E-state index contributed by atoms with van der Waals surface area (Å²) in [6.45, 7) is 10.3. The van der Waals surface area contributed by atoms with E-state index in [0.717, 1.165) is 16.3 Å². The summed E-state index contributed by atoms with van der Waals surface area (Å²) in [6, 6.07) is 7.57. The molecule has 0 aliphatic rings. The molecule has 114 valence electrons. The Morgan fingerprint density at radius 1 is 1.24 bits per heavy atom. The van der Waals surface area contributed by atoms with Crippen molar-refractivity contribution < 1.29 is 9.84 Å². The fourth-order valence-corrected chi connectivity index (χ4v) is 2.88. The first-order valence-electron chi connectivity index (χ1n) is 7.18. The van der Waals surface area contributed by atoms with Crippen LogP contribution in [0.25, 0.3) is 0 Å². The van der Waals surface area contributed by atoms with Gasteiger partial charge in [0.25, 0.3) is 0 Å². The lowest BCUT2D eigenvalue weighted by atomic mass is 9.98. The number of nitrogens with zero attached hydrogens (tertiary/aromatic N) is 1. The van der Waals surface area contributed by atoms with Crippen LogP contribution in [0.3, 0.4) is 0 Å². The van der Waals surface area contributed by atoms with Crippen LogP contribution < -0.4 is 4.74 Å². The van der Waals surface area contributed by atoms with Gasteiger partial charge < -0.3 is 9.84 Å². The third-order valence-corrected chi connectivity index (χ3v) is 4.28. The maximum Gasteiger partial charge on any atom is 0.122 e. The molecule has 0 radical (unpaired) electrons. The van der Waals surface area contributed by atoms with Crippen molar-refractivity contribution in [2.75, 3.05) is 0 Å². The highest BCUT2D eigenvalue weighted by molar-refractivity contribution is 7.09. The van der Waals surface area contributed by atoms with Crippen LogP contribution in [0.2, 0.25) is 0 Å². The molecule has 1 N–H and O–H groups in total. The molecule has 1 aromatic carbocycles. The van der Waals surface area contributed by atoms with Gasteiger partial charge in [-0.25, -0.2) is 4.98 Å². The molecule has 0 amide bonds. The molecule has 1 atom stereocenters. The lowest BCUT2D eigenvalue weighted by Crippen LogP contribution is -2.11. The zero-order valence-corrected chi connectivity index (χ0v) is 14.1. The van der Waals surface area contributed by atoms with Crippen LogP contribution in [0.4, 0.5) is 0 Å². The molecular formula is C17H23NO2S. The summed E-state index contributed by atoms with van der Waals surface area (Å²) in [5, 5.41) is 13.5. The quantitative estimate of drug-likeness (QED) is 0.915. The third-order valence-electron chi connectivity index (χ3n) is 2.99. The van der Waals surface area contributed by atoms with Crippen LogP contribution in [-0.4, -0.2) is 16.2 Å². The van der Waals surface area contributed by atoms with E-state index in [9.17, 15) is 5.11 Å². The summed E-state index contributed by atoms with van der Waals surface area (Å²) in [4.78, 5) is 4.58. The van der Waals surface area contributed by atoms with Crippen molar-refractivity contribution in [3.63, 3.8) is 0 Å². The second-order valence-electron chi connectivity index (χ2n) is 6.47. The Morgan fingerprint density at radius 2 is 1.95 bits per heavy atom. The molecule has 2 aromatic rings. The first kappa shape index (κ1) is 16.0. The Hall–Kier alpha value is -1.39. The number of benzene rings is 1. The van der Waals surface area contributed by atoms with Crippen LogP contribution in [0.15, 0.2) is 29.6 Å². The zero-order valence-electron chi connectivity index (χ0n) is 13.3. The van der Waals surface area contributed by atoms with E-state index >= 15 is 0 Å². The maximum absolute atomic E-state index is 10.5. The first-order valence-corrected chi connectivity index (χ1v) is 8.06. The Labute approximate surface area is 130 Å². The molecule has 0 fully saturated rings. The Balaban J connectivity index is 2.23. The monoisotopic (exact) mass is 305 g/mol. The van der Waals surface area contributed by atoms with E-state index < -0.39 is 6.10 Å². The number of hydrogen-bond donors (Lipinski definition) is 1. The molecule has 0 aliphatic carbocycles. The van der Waals surface area contributed by atoms with Gasteiger partial charge in [0.2, 0.25) is 0 Å². The molecule has 4 heteroatoms. The largest absolute Gasteiger partial charge is 0.491 e. The van der Waals surface area contributed by atoms with Crippen LogP contribution in [0.5, 0.6) is 5.75 Å². The Kier molecular flexibility index (Phi) is 4.69. The van der Waals surface area contributed by atoms with Gasteiger partial charge in [-0.05, 0) is 31.5 Å². The topological polar surface area (TPSA) is 42.4 Å². The third kappa shape index (κ3) is 4.05. The predicted molar refractivity (Wildman–Crippen MR) is 87.1 cm³/mol. The fourth-order valence-electron chi connectivity index (χ4n) is 1.96. The average Bonchev–Trinajstić information content (AvgIpc) is 2.86. The molecule has 0 aliphatic heterocycles. The standard InChI is InChI=1S/C17H23NO2S/c1-11(2)20-13-8-6-7-12(9-13)15(19)14-10-21-16(18-14)17(3,4)5/h6-11,15,19H,1-5H3. The summed E-state index contributed by atoms with van der Waals surface area (Å²) >= 11 is 1.59. The lowest BCUT2D eigenvalue weighted by Gasteiger charge is -2.15. The number of aliphatic hydroxyl groups is 1. The van der Waals surface area contributed by atoms with Crippen molar-refractivity contribution in [3.05, 3.63) is 45.9 Å². The van der Waals surface area contributed by atoms with E-state index in [1.54, 1.807) is 11.3 Å². The molecule has 21 heavy (non-hydrogen) atoms. The van der Waals surface area contributed by atoms with Crippen molar-refractivity contribution in [1.29, 1.82) is 0 Å². The summed E-state index contributed by atoms with van der Waals surface area (Å²) < 4.78 is 5.67. The van der Waals surface area contributed by atoms with Crippen molar-refractivity contribution in [2.24, 2.45) is 0 Å². The number of aromatic nitrogens is 1. The first-order chi connectivity index (χ1) is 9.77. The normalized spacial score (nSPS) is 13.5. The molecule has 1 heterocycles. The van der Waals surface area contributed by atoms with Gasteiger partial charge in [-0.2, -0.15) is 0 Å². The van der Waals surface area contributed by atoms with Gasteiger partial charge >= 0.3 is 0 Å². The minimum absolute atomic E-state index is 0.00520. The molecule has 0 saturated carbocycles. The molecule has 0 bridgehead atoms. The summed E-state index contributed by atoms with van der Waals surface area (Å²) in [5.74, 6) is 0.771. The van der Waals surface area contributed by atoms with Crippen LogP contribution >= 0.6 is 11.3 Å². The van der Waals surface area contributed by atoms with Gasteiger partial charge in [0.1, 0.15) is 11.9 Å². The van der Waals surface area contributed by atoms with Crippen molar-refractivity contribution in [1.82, 2.24) is 4.98 Å². The second kappa shape index (κ2) is 6.16. The average molecular weight is 305 g/mol. The van der Waals surface area contributed by atoms with Crippen LogP contribution in [0, 0.1) is 0 Å². The van der Waals surface area contributed by atoms with Crippen molar-refractivity contribution in [3.8, 4) is 5.75 Å². The molecule has 1 unspecified atom stereocenters. The fraction of sp³-hybridized carbons (Fsp3) is 0.471. The highest BCUT2D eigenvalue weighted by Crippen LogP contribution is 2.31. The number of hydrogen-bond acceptors (Lipinski definition) is 4. The van der Waals surface area contributed by atoms with E-state index in [1.165, 1.54) is 0 Å². The highest BCUT2D eigenvalue weighted by Gasteiger charge is 2.21. The van der Waals surface area contributed by atoms with Crippen molar-refractivity contribution >= 4 is 11.3 Å². The Morgan fingerprint density at radius 3 is 2.52 bits per heavy atom. The summed E-state index contributed by atoms with van der Waals surface area (Å²) in [5.41, 5.74) is 1.51. The maximum atomic E-state index is 10.5. The summed E-state index contributed by atoms with van der Waals surface area (Å²) in [6.07, 6.45) is -0.600. The molecule has 3 nitrogen and oxygen atoms in total. The number of aliphatic hydroxyl groups excluding tert-OH is 1. The molecule has 2 rings (SSSR count). The smallest absolute Gasteiger partial charge is 0.122 e. The zero-order chi connectivity index (χ0) is 15.6. The predicted octanol–water partition coefficient (Wildman–Crippen LogP) is 4.31. The SMILES string of the molecule is CC(C)Oc1cccc(C(O)c2csc(C(C)(C)C)n2)c1. The van der Waals surface area contributed by atoms with Gasteiger partial charge in [-0.3, -0.25) is 0 Å². The lowest BCUT2D eigenvalue weighted by molar-refractivity contribution is 0.212.